The fourth-order valence-electron chi connectivity index (χ4n) is 1.74. The molecule has 2 heterocycles. The second-order valence-corrected chi connectivity index (χ2v) is 4.43. The summed E-state index contributed by atoms with van der Waals surface area (Å²) in [5, 5.41) is 7.19. The molecule has 0 amide bonds. The Labute approximate surface area is 106 Å². The van der Waals surface area contributed by atoms with E-state index < -0.39 is 0 Å². The highest BCUT2D eigenvalue weighted by atomic mass is 19.1. The zero-order valence-electron chi connectivity index (χ0n) is 10.9. The maximum atomic E-state index is 14.1. The maximum absolute atomic E-state index is 14.1. The van der Waals surface area contributed by atoms with E-state index in [1.807, 2.05) is 26.8 Å². The highest BCUT2D eigenvalue weighted by Crippen LogP contribution is 2.26. The van der Waals surface area contributed by atoms with Gasteiger partial charge in [-0.15, -0.1) is 0 Å². The topological polar surface area (TPSA) is 43.0 Å². The summed E-state index contributed by atoms with van der Waals surface area (Å²) in [6.07, 6.45) is 1.51. The quantitative estimate of drug-likeness (QED) is 0.888. The monoisotopic (exact) mass is 251 g/mol. The van der Waals surface area contributed by atoms with Gasteiger partial charge in [0.2, 0.25) is 5.95 Å². The molecular weight excluding hydrogens is 233 g/mol. The minimum Gasteiger partial charge on any atom is -0.460 e. The zero-order valence-corrected chi connectivity index (χ0v) is 10.9. The number of furan rings is 1. The molecule has 0 spiro atoms. The Kier molecular flexibility index (Phi) is 3.81. The van der Waals surface area contributed by atoms with Crippen molar-refractivity contribution in [1.82, 2.24) is 15.1 Å². The van der Waals surface area contributed by atoms with Gasteiger partial charge in [0, 0.05) is 6.04 Å². The number of nitrogens with zero attached hydrogens (tertiary/aromatic N) is 2. The maximum Gasteiger partial charge on any atom is 0.222 e. The SMILES string of the molecule is CCNCc1ccc(-c2cnn(C(C)C)c2F)o1. The predicted octanol–water partition coefficient (Wildman–Crippen LogP) is 2.97. The summed E-state index contributed by atoms with van der Waals surface area (Å²) >= 11 is 0. The second-order valence-electron chi connectivity index (χ2n) is 4.43. The van der Waals surface area contributed by atoms with Crippen LogP contribution in [0.3, 0.4) is 0 Å². The van der Waals surface area contributed by atoms with Crippen LogP contribution in [0.15, 0.2) is 22.7 Å². The minimum atomic E-state index is -0.352. The lowest BCUT2D eigenvalue weighted by Gasteiger charge is -2.05. The van der Waals surface area contributed by atoms with Crippen molar-refractivity contribution in [3.05, 3.63) is 30.0 Å². The van der Waals surface area contributed by atoms with Gasteiger partial charge >= 0.3 is 0 Å². The molecule has 0 saturated heterocycles. The van der Waals surface area contributed by atoms with Gasteiger partial charge < -0.3 is 9.73 Å². The molecule has 2 rings (SSSR count). The average Bonchev–Trinajstić information content (AvgIpc) is 2.92. The first kappa shape index (κ1) is 12.8. The van der Waals surface area contributed by atoms with Crippen LogP contribution in [0, 0.1) is 5.95 Å². The third-order valence-electron chi connectivity index (χ3n) is 2.70. The third kappa shape index (κ3) is 2.46. The Hall–Kier alpha value is -1.62. The molecule has 4 nitrogen and oxygen atoms in total. The largest absolute Gasteiger partial charge is 0.460 e. The van der Waals surface area contributed by atoms with Gasteiger partial charge in [0.25, 0.3) is 0 Å². The van der Waals surface area contributed by atoms with Crippen molar-refractivity contribution >= 4 is 0 Å². The van der Waals surface area contributed by atoms with Crippen LogP contribution in [0.4, 0.5) is 4.39 Å². The zero-order chi connectivity index (χ0) is 13.1. The van der Waals surface area contributed by atoms with Gasteiger partial charge in [0.05, 0.1) is 18.3 Å². The van der Waals surface area contributed by atoms with E-state index in [2.05, 4.69) is 10.4 Å². The van der Waals surface area contributed by atoms with Crippen LogP contribution in [0.1, 0.15) is 32.6 Å². The number of aromatic nitrogens is 2. The number of halogens is 1. The Bertz CT molecular complexity index is 516. The first-order valence-corrected chi connectivity index (χ1v) is 6.16. The van der Waals surface area contributed by atoms with Gasteiger partial charge in [-0.05, 0) is 32.5 Å². The fraction of sp³-hybridized carbons (Fsp3) is 0.462. The first-order chi connectivity index (χ1) is 8.63. The van der Waals surface area contributed by atoms with E-state index in [0.717, 1.165) is 12.3 Å². The van der Waals surface area contributed by atoms with Gasteiger partial charge in [-0.3, -0.25) is 0 Å². The minimum absolute atomic E-state index is 0.00468. The van der Waals surface area contributed by atoms with Gasteiger partial charge in [-0.2, -0.15) is 9.49 Å². The molecule has 0 saturated carbocycles. The van der Waals surface area contributed by atoms with Crippen molar-refractivity contribution in [3.8, 4) is 11.3 Å². The van der Waals surface area contributed by atoms with Gasteiger partial charge in [0.1, 0.15) is 11.5 Å². The molecule has 2 aromatic rings. The molecule has 0 aromatic carbocycles. The lowest BCUT2D eigenvalue weighted by Crippen LogP contribution is -2.10. The Morgan fingerprint density at radius 1 is 1.44 bits per heavy atom. The van der Waals surface area contributed by atoms with Crippen LogP contribution in [0.5, 0.6) is 0 Å². The third-order valence-corrected chi connectivity index (χ3v) is 2.70. The Balaban J connectivity index is 2.23. The number of rotatable bonds is 5. The molecule has 1 N–H and O–H groups in total. The summed E-state index contributed by atoms with van der Waals surface area (Å²) in [4.78, 5) is 0. The highest BCUT2D eigenvalue weighted by Gasteiger charge is 2.16. The molecule has 0 bridgehead atoms. The molecule has 0 unspecified atom stereocenters. The molecule has 2 aromatic heterocycles. The molecule has 18 heavy (non-hydrogen) atoms. The van der Waals surface area contributed by atoms with Crippen LogP contribution >= 0.6 is 0 Å². The summed E-state index contributed by atoms with van der Waals surface area (Å²) in [7, 11) is 0. The van der Waals surface area contributed by atoms with Gasteiger partial charge in [-0.25, -0.2) is 4.68 Å². The molecule has 0 atom stereocenters. The van der Waals surface area contributed by atoms with Crippen molar-refractivity contribution in [2.75, 3.05) is 6.54 Å². The molecule has 0 aliphatic carbocycles. The van der Waals surface area contributed by atoms with Crippen LogP contribution in [-0.4, -0.2) is 16.3 Å². The van der Waals surface area contributed by atoms with Crippen LogP contribution in [0.2, 0.25) is 0 Å². The normalized spacial score (nSPS) is 11.4. The number of nitrogens with one attached hydrogen (secondary N) is 1. The van der Waals surface area contributed by atoms with E-state index in [1.54, 1.807) is 6.07 Å². The second kappa shape index (κ2) is 5.35. The predicted molar refractivity (Wildman–Crippen MR) is 67.7 cm³/mol. The van der Waals surface area contributed by atoms with Crippen LogP contribution in [-0.2, 0) is 6.54 Å². The Morgan fingerprint density at radius 2 is 2.22 bits per heavy atom. The molecule has 0 aliphatic rings. The first-order valence-electron chi connectivity index (χ1n) is 6.16. The smallest absolute Gasteiger partial charge is 0.222 e. The highest BCUT2D eigenvalue weighted by molar-refractivity contribution is 5.56. The average molecular weight is 251 g/mol. The van der Waals surface area contributed by atoms with Gasteiger partial charge in [0.15, 0.2) is 0 Å². The van der Waals surface area contributed by atoms with Crippen molar-refractivity contribution < 1.29 is 8.81 Å². The summed E-state index contributed by atoms with van der Waals surface area (Å²) in [6, 6.07) is 3.62. The van der Waals surface area contributed by atoms with E-state index >= 15 is 0 Å². The molecule has 0 radical (unpaired) electrons. The standard InChI is InChI=1S/C13H18FN3O/c1-4-15-7-10-5-6-12(18-10)11-8-16-17(9(2)3)13(11)14/h5-6,8-9,15H,4,7H2,1-3H3. The van der Waals surface area contributed by atoms with E-state index in [1.165, 1.54) is 10.9 Å². The number of hydrogen-bond donors (Lipinski definition) is 1. The van der Waals surface area contributed by atoms with E-state index in [0.29, 0.717) is 17.9 Å². The summed E-state index contributed by atoms with van der Waals surface area (Å²) < 4.78 is 21.0. The van der Waals surface area contributed by atoms with Crippen molar-refractivity contribution in [1.29, 1.82) is 0 Å². The van der Waals surface area contributed by atoms with Gasteiger partial charge in [-0.1, -0.05) is 6.92 Å². The molecule has 0 aliphatic heterocycles. The summed E-state index contributed by atoms with van der Waals surface area (Å²) in [5.41, 5.74) is 0.409. The molecular formula is C13H18FN3O. The van der Waals surface area contributed by atoms with Crippen molar-refractivity contribution in [3.63, 3.8) is 0 Å². The Morgan fingerprint density at radius 3 is 2.83 bits per heavy atom. The fourth-order valence-corrected chi connectivity index (χ4v) is 1.74. The van der Waals surface area contributed by atoms with Crippen LogP contribution < -0.4 is 5.32 Å². The number of hydrogen-bond acceptors (Lipinski definition) is 3. The van der Waals surface area contributed by atoms with E-state index in [9.17, 15) is 4.39 Å². The molecule has 0 fully saturated rings. The van der Waals surface area contributed by atoms with E-state index in [4.69, 9.17) is 4.42 Å². The van der Waals surface area contributed by atoms with Crippen molar-refractivity contribution in [2.45, 2.75) is 33.4 Å². The van der Waals surface area contributed by atoms with Crippen molar-refractivity contribution in [2.24, 2.45) is 0 Å². The van der Waals surface area contributed by atoms with Crippen LogP contribution in [0.25, 0.3) is 11.3 Å². The van der Waals surface area contributed by atoms with E-state index in [-0.39, 0.29) is 12.0 Å². The lowest BCUT2D eigenvalue weighted by molar-refractivity contribution is 0.415. The lowest BCUT2D eigenvalue weighted by atomic mass is 10.2. The summed E-state index contributed by atoms with van der Waals surface area (Å²) in [5.74, 6) is 0.963. The molecule has 5 heteroatoms. The summed E-state index contributed by atoms with van der Waals surface area (Å²) in [6.45, 7) is 7.32. The molecule has 98 valence electrons.